The quantitative estimate of drug-likeness (QED) is 0.934. The van der Waals surface area contributed by atoms with E-state index in [2.05, 4.69) is 10.3 Å². The molecular weight excluding hydrogens is 270 g/mol. The van der Waals surface area contributed by atoms with Gasteiger partial charge in [-0.2, -0.15) is 0 Å². The molecule has 1 heterocycles. The predicted molar refractivity (Wildman–Crippen MR) is 68.4 cm³/mol. The topological polar surface area (TPSA) is 42.0 Å². The molecule has 6 heteroatoms. The summed E-state index contributed by atoms with van der Waals surface area (Å²) >= 11 is 1.29. The van der Waals surface area contributed by atoms with Crippen LogP contribution in [-0.2, 0) is 0 Å². The van der Waals surface area contributed by atoms with Crippen LogP contribution in [-0.4, -0.2) is 10.9 Å². The summed E-state index contributed by atoms with van der Waals surface area (Å²) in [7, 11) is 0. The molecule has 3 rings (SSSR count). The summed E-state index contributed by atoms with van der Waals surface area (Å²) < 4.78 is 26.5. The lowest BCUT2D eigenvalue weighted by Crippen LogP contribution is -2.14. The largest absolute Gasteiger partial charge is 0.298 e. The molecule has 0 saturated heterocycles. The number of aromatic nitrogens is 1. The molecule has 0 atom stereocenters. The minimum absolute atomic E-state index is 0.317. The van der Waals surface area contributed by atoms with Gasteiger partial charge < -0.3 is 0 Å². The Morgan fingerprint density at radius 1 is 1.37 bits per heavy atom. The molecule has 2 aromatic rings. The number of halogens is 2. The van der Waals surface area contributed by atoms with Crippen LogP contribution < -0.4 is 5.32 Å². The summed E-state index contributed by atoms with van der Waals surface area (Å²) in [6.07, 6.45) is 2.24. The number of thiazole rings is 1. The number of carbonyl (C=O) groups is 1. The number of anilines is 1. The highest BCUT2D eigenvalue weighted by atomic mass is 32.1. The molecule has 3 nitrogen and oxygen atoms in total. The van der Waals surface area contributed by atoms with Crippen LogP contribution in [0.2, 0.25) is 0 Å². The van der Waals surface area contributed by atoms with E-state index in [0.29, 0.717) is 11.0 Å². The lowest BCUT2D eigenvalue weighted by Gasteiger charge is -2.03. The van der Waals surface area contributed by atoms with E-state index in [1.165, 1.54) is 23.5 Å². The van der Waals surface area contributed by atoms with Gasteiger partial charge in [0.15, 0.2) is 16.8 Å². The highest BCUT2D eigenvalue weighted by Crippen LogP contribution is 2.40. The van der Waals surface area contributed by atoms with Gasteiger partial charge in [0.25, 0.3) is 5.91 Å². The van der Waals surface area contributed by atoms with E-state index in [9.17, 15) is 13.6 Å². The predicted octanol–water partition coefficient (Wildman–Crippen LogP) is 3.55. The first-order chi connectivity index (χ1) is 9.15. The second kappa shape index (κ2) is 4.70. The molecule has 0 spiro atoms. The van der Waals surface area contributed by atoms with Gasteiger partial charge in [-0.25, -0.2) is 13.8 Å². The number of nitrogens with zero attached hydrogens (tertiary/aromatic N) is 1. The van der Waals surface area contributed by atoms with Crippen LogP contribution in [0, 0.1) is 11.6 Å². The van der Waals surface area contributed by atoms with Crippen LogP contribution in [0.15, 0.2) is 23.6 Å². The molecule has 0 radical (unpaired) electrons. The second-order valence-electron chi connectivity index (χ2n) is 4.41. The Bertz CT molecular complexity index is 637. The zero-order chi connectivity index (χ0) is 13.4. The van der Waals surface area contributed by atoms with Gasteiger partial charge in [-0.15, -0.1) is 11.3 Å². The summed E-state index contributed by atoms with van der Waals surface area (Å²) in [6.45, 7) is 0. The van der Waals surface area contributed by atoms with Crippen LogP contribution in [0.1, 0.15) is 34.8 Å². The van der Waals surface area contributed by atoms with Crippen molar-refractivity contribution in [1.29, 1.82) is 0 Å². The Kier molecular flexibility index (Phi) is 3.02. The van der Waals surface area contributed by atoms with Crippen molar-refractivity contribution in [3.8, 4) is 0 Å². The monoisotopic (exact) mass is 280 g/mol. The fourth-order valence-corrected chi connectivity index (χ4v) is 2.54. The second-order valence-corrected chi connectivity index (χ2v) is 5.27. The summed E-state index contributed by atoms with van der Waals surface area (Å²) in [4.78, 5) is 16.1. The summed E-state index contributed by atoms with van der Waals surface area (Å²) in [5, 5.41) is 4.79. The molecule has 1 aliphatic carbocycles. The van der Waals surface area contributed by atoms with Gasteiger partial charge in [-0.3, -0.25) is 10.1 Å². The smallest absolute Gasteiger partial charge is 0.260 e. The Morgan fingerprint density at radius 3 is 2.89 bits per heavy atom. The Labute approximate surface area is 112 Å². The number of hydrogen-bond acceptors (Lipinski definition) is 3. The van der Waals surface area contributed by atoms with Crippen LogP contribution in [0.3, 0.4) is 0 Å². The van der Waals surface area contributed by atoms with Crippen molar-refractivity contribution in [2.75, 3.05) is 5.32 Å². The third-order valence-electron chi connectivity index (χ3n) is 2.93. The average molecular weight is 280 g/mol. The minimum Gasteiger partial charge on any atom is -0.298 e. The molecule has 1 saturated carbocycles. The molecule has 0 aliphatic heterocycles. The van der Waals surface area contributed by atoms with Crippen LogP contribution in [0.4, 0.5) is 13.9 Å². The van der Waals surface area contributed by atoms with Crippen LogP contribution in [0.25, 0.3) is 0 Å². The highest BCUT2D eigenvalue weighted by Gasteiger charge is 2.26. The molecular formula is C13H10F2N2OS. The fraction of sp³-hybridized carbons (Fsp3) is 0.231. The van der Waals surface area contributed by atoms with Gasteiger partial charge >= 0.3 is 0 Å². The summed E-state index contributed by atoms with van der Waals surface area (Å²) in [6, 6.07) is 3.51. The zero-order valence-electron chi connectivity index (χ0n) is 9.82. The third kappa shape index (κ3) is 2.49. The maximum atomic E-state index is 13.4. The van der Waals surface area contributed by atoms with Gasteiger partial charge in [0.2, 0.25) is 0 Å². The minimum atomic E-state index is -1.14. The Morgan fingerprint density at radius 2 is 2.16 bits per heavy atom. The summed E-state index contributed by atoms with van der Waals surface area (Å²) in [5.41, 5.74) is 0.642. The highest BCUT2D eigenvalue weighted by molar-refractivity contribution is 7.14. The number of amides is 1. The average Bonchev–Trinajstić information content (AvgIpc) is 3.14. The van der Waals surface area contributed by atoms with Crippen molar-refractivity contribution in [3.63, 3.8) is 0 Å². The number of nitrogens with one attached hydrogen (secondary N) is 1. The standard InChI is InChI=1S/C13H10F2N2OS/c14-9-3-1-2-8(11(9)15)12(18)17-13-16-10(6-19-13)7-4-5-7/h1-3,6-7H,4-5H2,(H,16,17,18). The normalized spacial score (nSPS) is 14.4. The van der Waals surface area contributed by atoms with E-state index < -0.39 is 17.5 Å². The van der Waals surface area contributed by atoms with Crippen molar-refractivity contribution in [2.24, 2.45) is 0 Å². The third-order valence-corrected chi connectivity index (χ3v) is 3.71. The molecule has 1 N–H and O–H groups in total. The molecule has 1 aromatic carbocycles. The first-order valence-electron chi connectivity index (χ1n) is 5.86. The lowest BCUT2D eigenvalue weighted by atomic mass is 10.2. The number of carbonyl (C=O) groups excluding carboxylic acids is 1. The number of rotatable bonds is 3. The Balaban J connectivity index is 1.78. The van der Waals surface area contributed by atoms with Crippen molar-refractivity contribution >= 4 is 22.4 Å². The molecule has 0 unspecified atom stereocenters. The first kappa shape index (κ1) is 12.2. The van der Waals surface area contributed by atoms with Gasteiger partial charge in [-0.05, 0) is 25.0 Å². The van der Waals surface area contributed by atoms with Gasteiger partial charge in [0, 0.05) is 11.3 Å². The summed E-state index contributed by atoms with van der Waals surface area (Å²) in [5.74, 6) is -2.37. The maximum Gasteiger partial charge on any atom is 0.260 e. The molecule has 1 fully saturated rings. The zero-order valence-corrected chi connectivity index (χ0v) is 10.6. The molecule has 1 aliphatic rings. The Hall–Kier alpha value is -1.82. The maximum absolute atomic E-state index is 13.4. The van der Waals surface area contributed by atoms with Crippen LogP contribution in [0.5, 0.6) is 0 Å². The first-order valence-corrected chi connectivity index (χ1v) is 6.74. The molecule has 19 heavy (non-hydrogen) atoms. The van der Waals surface area contributed by atoms with Crippen molar-refractivity contribution in [2.45, 2.75) is 18.8 Å². The van der Waals surface area contributed by atoms with Gasteiger partial charge in [0.05, 0.1) is 11.3 Å². The fourth-order valence-electron chi connectivity index (χ4n) is 1.75. The SMILES string of the molecule is O=C(Nc1nc(C2CC2)cs1)c1cccc(F)c1F. The van der Waals surface area contributed by atoms with Gasteiger partial charge in [-0.1, -0.05) is 6.07 Å². The van der Waals surface area contributed by atoms with E-state index in [0.717, 1.165) is 24.6 Å². The van der Waals surface area contributed by atoms with Crippen LogP contribution >= 0.6 is 11.3 Å². The molecule has 98 valence electrons. The molecule has 1 amide bonds. The number of hydrogen-bond donors (Lipinski definition) is 1. The van der Waals surface area contributed by atoms with Crippen molar-refractivity contribution in [3.05, 3.63) is 46.5 Å². The molecule has 1 aromatic heterocycles. The van der Waals surface area contributed by atoms with E-state index in [1.807, 2.05) is 5.38 Å². The van der Waals surface area contributed by atoms with E-state index in [4.69, 9.17) is 0 Å². The van der Waals surface area contributed by atoms with Crippen molar-refractivity contribution < 1.29 is 13.6 Å². The van der Waals surface area contributed by atoms with E-state index in [-0.39, 0.29) is 5.56 Å². The molecule has 0 bridgehead atoms. The van der Waals surface area contributed by atoms with E-state index in [1.54, 1.807) is 0 Å². The lowest BCUT2D eigenvalue weighted by molar-refractivity contribution is 0.102. The van der Waals surface area contributed by atoms with Gasteiger partial charge in [0.1, 0.15) is 0 Å². The van der Waals surface area contributed by atoms with E-state index >= 15 is 0 Å². The number of benzene rings is 1. The van der Waals surface area contributed by atoms with Crippen molar-refractivity contribution in [1.82, 2.24) is 4.98 Å².